The third kappa shape index (κ3) is 4.75. The highest BCUT2D eigenvalue weighted by atomic mass is 16.4. The van der Waals surface area contributed by atoms with Gasteiger partial charge in [0.1, 0.15) is 6.54 Å². The van der Waals surface area contributed by atoms with Crippen LogP contribution >= 0.6 is 0 Å². The van der Waals surface area contributed by atoms with Gasteiger partial charge in [-0.2, -0.15) is 0 Å². The highest BCUT2D eigenvalue weighted by molar-refractivity contribution is 5.96. The minimum absolute atomic E-state index is 0.353. The zero-order valence-corrected chi connectivity index (χ0v) is 12.2. The van der Waals surface area contributed by atoms with Gasteiger partial charge in [0.05, 0.1) is 0 Å². The SMILES string of the molecule is CN(CCNC(=O)N(CC(=O)O)c1ccccc1)C1CC1. The summed E-state index contributed by atoms with van der Waals surface area (Å²) in [5, 5.41) is 11.7. The van der Waals surface area contributed by atoms with Gasteiger partial charge in [-0.3, -0.25) is 9.69 Å². The Hall–Kier alpha value is -2.08. The molecule has 0 aliphatic heterocycles. The number of nitrogens with one attached hydrogen (secondary N) is 1. The number of hydrogen-bond donors (Lipinski definition) is 2. The third-order valence-corrected chi connectivity index (χ3v) is 3.52. The Kier molecular flexibility index (Phi) is 5.16. The lowest BCUT2D eigenvalue weighted by Gasteiger charge is -2.22. The number of hydrogen-bond acceptors (Lipinski definition) is 3. The van der Waals surface area contributed by atoms with Crippen LogP contribution in [0.4, 0.5) is 10.5 Å². The molecular weight excluding hydrogens is 270 g/mol. The number of anilines is 1. The normalized spacial score (nSPS) is 14.0. The number of carbonyl (C=O) groups is 2. The zero-order valence-electron chi connectivity index (χ0n) is 12.2. The monoisotopic (exact) mass is 291 g/mol. The molecule has 114 valence electrons. The highest BCUT2D eigenvalue weighted by Gasteiger charge is 2.26. The quantitative estimate of drug-likeness (QED) is 0.796. The Morgan fingerprint density at radius 3 is 2.52 bits per heavy atom. The minimum atomic E-state index is -1.04. The van der Waals surface area contributed by atoms with Gasteiger partial charge in [0.2, 0.25) is 0 Å². The van der Waals surface area contributed by atoms with E-state index in [1.54, 1.807) is 24.3 Å². The predicted molar refractivity (Wildman–Crippen MR) is 80.5 cm³/mol. The summed E-state index contributed by atoms with van der Waals surface area (Å²) in [6.45, 7) is 0.926. The highest BCUT2D eigenvalue weighted by Crippen LogP contribution is 2.24. The van der Waals surface area contributed by atoms with E-state index in [9.17, 15) is 9.59 Å². The molecule has 0 spiro atoms. The lowest BCUT2D eigenvalue weighted by atomic mass is 10.3. The number of aliphatic carboxylic acids is 1. The summed E-state index contributed by atoms with van der Waals surface area (Å²) in [5.41, 5.74) is 0.577. The van der Waals surface area contributed by atoms with Crippen LogP contribution in [0.1, 0.15) is 12.8 Å². The van der Waals surface area contributed by atoms with E-state index in [0.717, 1.165) is 6.54 Å². The van der Waals surface area contributed by atoms with Gasteiger partial charge >= 0.3 is 12.0 Å². The van der Waals surface area contributed by atoms with Crippen molar-refractivity contribution in [2.24, 2.45) is 0 Å². The second kappa shape index (κ2) is 7.08. The first-order valence-electron chi connectivity index (χ1n) is 7.10. The van der Waals surface area contributed by atoms with E-state index >= 15 is 0 Å². The third-order valence-electron chi connectivity index (χ3n) is 3.52. The Labute approximate surface area is 124 Å². The number of nitrogens with zero attached hydrogens (tertiary/aromatic N) is 2. The number of carboxylic acids is 1. The largest absolute Gasteiger partial charge is 0.480 e. The molecule has 21 heavy (non-hydrogen) atoms. The number of carboxylic acid groups (broad SMARTS) is 1. The molecule has 6 nitrogen and oxygen atoms in total. The van der Waals surface area contributed by atoms with E-state index in [-0.39, 0.29) is 12.6 Å². The first-order valence-corrected chi connectivity index (χ1v) is 7.10. The van der Waals surface area contributed by atoms with Gasteiger partial charge in [0.15, 0.2) is 0 Å². The summed E-state index contributed by atoms with van der Waals surface area (Å²) < 4.78 is 0. The van der Waals surface area contributed by atoms with E-state index < -0.39 is 5.97 Å². The summed E-state index contributed by atoms with van der Waals surface area (Å²) in [6.07, 6.45) is 2.44. The summed E-state index contributed by atoms with van der Waals surface area (Å²) in [6, 6.07) is 9.08. The molecule has 1 aliphatic carbocycles. The molecule has 1 aromatic carbocycles. The molecule has 0 heterocycles. The van der Waals surface area contributed by atoms with Crippen LogP contribution in [-0.4, -0.2) is 54.7 Å². The van der Waals surface area contributed by atoms with Crippen molar-refractivity contribution in [2.45, 2.75) is 18.9 Å². The Morgan fingerprint density at radius 1 is 1.29 bits per heavy atom. The Morgan fingerprint density at radius 2 is 1.95 bits per heavy atom. The fraction of sp³-hybridized carbons (Fsp3) is 0.467. The number of likely N-dealkylation sites (N-methyl/N-ethyl adjacent to an activating group) is 1. The topological polar surface area (TPSA) is 72.9 Å². The molecule has 6 heteroatoms. The number of benzene rings is 1. The van der Waals surface area contributed by atoms with Crippen molar-refractivity contribution in [3.63, 3.8) is 0 Å². The van der Waals surface area contributed by atoms with Crippen molar-refractivity contribution in [1.82, 2.24) is 10.2 Å². The Bertz CT molecular complexity index is 488. The van der Waals surface area contributed by atoms with Crippen LogP contribution in [0.3, 0.4) is 0 Å². The summed E-state index contributed by atoms with van der Waals surface area (Å²) in [7, 11) is 2.04. The van der Waals surface area contributed by atoms with Crippen LogP contribution < -0.4 is 10.2 Å². The van der Waals surface area contributed by atoms with Gasteiger partial charge in [-0.05, 0) is 32.0 Å². The van der Waals surface area contributed by atoms with Crippen LogP contribution in [0.15, 0.2) is 30.3 Å². The molecule has 0 unspecified atom stereocenters. The molecule has 1 fully saturated rings. The van der Waals surface area contributed by atoms with Crippen LogP contribution in [-0.2, 0) is 4.79 Å². The number of amides is 2. The van der Waals surface area contributed by atoms with Crippen LogP contribution in [0.25, 0.3) is 0 Å². The molecule has 2 rings (SSSR count). The number of carbonyl (C=O) groups excluding carboxylic acids is 1. The van der Waals surface area contributed by atoms with Crippen LogP contribution in [0, 0.1) is 0 Å². The fourth-order valence-corrected chi connectivity index (χ4v) is 2.16. The van der Waals surface area contributed by atoms with Crippen molar-refractivity contribution < 1.29 is 14.7 Å². The second-order valence-corrected chi connectivity index (χ2v) is 5.26. The van der Waals surface area contributed by atoms with E-state index in [4.69, 9.17) is 5.11 Å². The van der Waals surface area contributed by atoms with E-state index in [2.05, 4.69) is 10.2 Å². The maximum absolute atomic E-state index is 12.2. The standard InChI is InChI=1S/C15H21N3O3/c1-17(12-7-8-12)10-9-16-15(21)18(11-14(19)20)13-5-3-2-4-6-13/h2-6,12H,7-11H2,1H3,(H,16,21)(H,19,20). The molecule has 2 amide bonds. The van der Waals surface area contributed by atoms with Gasteiger partial charge in [0, 0.05) is 24.8 Å². The molecule has 1 aromatic rings. The van der Waals surface area contributed by atoms with Crippen molar-refractivity contribution in [3.8, 4) is 0 Å². The lowest BCUT2D eigenvalue weighted by Crippen LogP contribution is -2.45. The molecule has 0 atom stereocenters. The number of urea groups is 1. The second-order valence-electron chi connectivity index (χ2n) is 5.26. The van der Waals surface area contributed by atoms with E-state index in [0.29, 0.717) is 18.3 Å². The molecule has 1 aliphatic rings. The zero-order chi connectivity index (χ0) is 15.2. The molecular formula is C15H21N3O3. The average molecular weight is 291 g/mol. The smallest absolute Gasteiger partial charge is 0.323 e. The number of rotatable bonds is 7. The molecule has 0 radical (unpaired) electrons. The maximum Gasteiger partial charge on any atom is 0.323 e. The molecule has 2 N–H and O–H groups in total. The van der Waals surface area contributed by atoms with Crippen molar-refractivity contribution in [1.29, 1.82) is 0 Å². The molecule has 0 saturated heterocycles. The van der Waals surface area contributed by atoms with Gasteiger partial charge in [-0.25, -0.2) is 4.79 Å². The number of para-hydroxylation sites is 1. The summed E-state index contributed by atoms with van der Waals surface area (Å²) in [4.78, 5) is 26.6. The Balaban J connectivity index is 1.89. The van der Waals surface area contributed by atoms with Crippen molar-refractivity contribution >= 4 is 17.7 Å². The lowest BCUT2D eigenvalue weighted by molar-refractivity contribution is -0.135. The first kappa shape index (κ1) is 15.3. The van der Waals surface area contributed by atoms with Crippen molar-refractivity contribution in [3.05, 3.63) is 30.3 Å². The molecule has 0 bridgehead atoms. The predicted octanol–water partition coefficient (Wildman–Crippen LogP) is 1.38. The van der Waals surface area contributed by atoms with Crippen molar-refractivity contribution in [2.75, 3.05) is 31.6 Å². The first-order chi connectivity index (χ1) is 10.1. The van der Waals surface area contributed by atoms with Gasteiger partial charge in [0.25, 0.3) is 0 Å². The van der Waals surface area contributed by atoms with Crippen LogP contribution in [0.2, 0.25) is 0 Å². The van der Waals surface area contributed by atoms with Gasteiger partial charge < -0.3 is 15.3 Å². The maximum atomic E-state index is 12.2. The van der Waals surface area contributed by atoms with Gasteiger partial charge in [-0.15, -0.1) is 0 Å². The molecule has 0 aromatic heterocycles. The average Bonchev–Trinajstić information content (AvgIpc) is 3.30. The summed E-state index contributed by atoms with van der Waals surface area (Å²) in [5.74, 6) is -1.04. The van der Waals surface area contributed by atoms with E-state index in [1.807, 2.05) is 13.1 Å². The summed E-state index contributed by atoms with van der Waals surface area (Å²) >= 11 is 0. The van der Waals surface area contributed by atoms with Gasteiger partial charge in [-0.1, -0.05) is 18.2 Å². The molecule has 1 saturated carbocycles. The minimum Gasteiger partial charge on any atom is -0.480 e. The fourth-order valence-electron chi connectivity index (χ4n) is 2.16. The van der Waals surface area contributed by atoms with Crippen LogP contribution in [0.5, 0.6) is 0 Å². The van der Waals surface area contributed by atoms with E-state index in [1.165, 1.54) is 17.7 Å².